The van der Waals surface area contributed by atoms with Crippen molar-refractivity contribution in [1.82, 2.24) is 15.1 Å². The lowest BCUT2D eigenvalue weighted by atomic mass is 9.96. The zero-order chi connectivity index (χ0) is 28.2. The number of likely N-dealkylation sites (tertiary alicyclic amines) is 1. The summed E-state index contributed by atoms with van der Waals surface area (Å²) in [5, 5.41) is 2.33. The number of carbonyl (C=O) groups excluding carboxylic acids is 5. The summed E-state index contributed by atoms with van der Waals surface area (Å²) in [6, 6.07) is 12.2. The van der Waals surface area contributed by atoms with Crippen molar-refractivity contribution in [2.45, 2.75) is 44.7 Å². The molecule has 2 aromatic carbocycles. The quantitative estimate of drug-likeness (QED) is 0.310. The van der Waals surface area contributed by atoms with Crippen LogP contribution in [-0.4, -0.2) is 65.5 Å². The van der Waals surface area contributed by atoms with Gasteiger partial charge in [0.15, 0.2) is 0 Å². The van der Waals surface area contributed by atoms with Gasteiger partial charge in [0, 0.05) is 66.2 Å². The fourth-order valence-corrected chi connectivity index (χ4v) is 5.67. The summed E-state index contributed by atoms with van der Waals surface area (Å²) in [5.41, 5.74) is 2.86. The molecule has 0 aromatic heterocycles. The lowest BCUT2D eigenvalue weighted by Gasteiger charge is -2.30. The van der Waals surface area contributed by atoms with Gasteiger partial charge in [0.25, 0.3) is 5.91 Å². The number of carbonyl (C=O) groups is 5. The number of rotatable bonds is 6. The fourth-order valence-electron chi connectivity index (χ4n) is 5.41. The maximum atomic E-state index is 13.0. The zero-order valence-corrected chi connectivity index (χ0v) is 23.5. The number of anilines is 1. The summed E-state index contributed by atoms with van der Waals surface area (Å²) in [7, 11) is 0. The van der Waals surface area contributed by atoms with Crippen LogP contribution in [0.2, 0.25) is 0 Å². The molecule has 0 saturated carbocycles. The predicted octanol–water partition coefficient (Wildman–Crippen LogP) is 2.85. The highest BCUT2D eigenvalue weighted by Crippen LogP contribution is 2.30. The van der Waals surface area contributed by atoms with Crippen LogP contribution < -0.4 is 10.2 Å². The summed E-state index contributed by atoms with van der Waals surface area (Å²) in [5.74, 6) is 5.77. The van der Waals surface area contributed by atoms with Gasteiger partial charge in [0.05, 0.1) is 0 Å². The smallest absolute Gasteiger partial charge is 0.255 e. The Balaban J connectivity index is 1.16. The van der Waals surface area contributed by atoms with Gasteiger partial charge in [-0.05, 0) is 61.2 Å². The zero-order valence-electron chi connectivity index (χ0n) is 21.9. The molecule has 2 fully saturated rings. The average molecular weight is 605 g/mol. The summed E-state index contributed by atoms with van der Waals surface area (Å²) >= 11 is 3.38. The molecule has 1 unspecified atom stereocenters. The summed E-state index contributed by atoms with van der Waals surface area (Å²) in [4.78, 5) is 66.2. The minimum atomic E-state index is -0.659. The largest absolute Gasteiger partial charge is 0.343 e. The van der Waals surface area contributed by atoms with E-state index in [-0.39, 0.29) is 43.0 Å². The molecule has 1 atom stereocenters. The number of piperidine rings is 2. The molecule has 1 N–H and O–H groups in total. The average Bonchev–Trinajstić information content (AvgIpc) is 3.29. The van der Waals surface area contributed by atoms with Gasteiger partial charge in [-0.15, -0.1) is 0 Å². The number of amides is 5. The molecule has 9 nitrogen and oxygen atoms in total. The molecular formula is C30H29BrN4O5. The van der Waals surface area contributed by atoms with Crippen molar-refractivity contribution in [2.75, 3.05) is 24.5 Å². The van der Waals surface area contributed by atoms with Crippen molar-refractivity contribution < 1.29 is 24.0 Å². The highest BCUT2D eigenvalue weighted by atomic mass is 79.9. The van der Waals surface area contributed by atoms with E-state index in [2.05, 4.69) is 33.1 Å². The number of hydrogen-bond donors (Lipinski definition) is 1. The van der Waals surface area contributed by atoms with Gasteiger partial charge in [-0.3, -0.25) is 29.3 Å². The van der Waals surface area contributed by atoms with Gasteiger partial charge in [0.2, 0.25) is 24.1 Å². The Labute approximate surface area is 241 Å². The van der Waals surface area contributed by atoms with Crippen LogP contribution in [0.3, 0.4) is 0 Å². The summed E-state index contributed by atoms with van der Waals surface area (Å²) in [6.45, 7) is 1.81. The summed E-state index contributed by atoms with van der Waals surface area (Å²) in [6.07, 6.45) is 3.03. The lowest BCUT2D eigenvalue weighted by molar-refractivity contribution is -0.137. The number of nitrogens with one attached hydrogen (secondary N) is 1. The molecule has 2 aromatic rings. The molecule has 3 aliphatic heterocycles. The Hall–Kier alpha value is -3.97. The van der Waals surface area contributed by atoms with Crippen LogP contribution >= 0.6 is 15.9 Å². The standard InChI is InChI=1S/C30H29BrN4O5/c31-22-6-8-23(9-7-22)34(19-36)17-14-28(38)33-15-12-20(13-16-33)4-5-21-2-1-3-24-25(21)18-35(30(24)40)26-10-11-27(37)32-29(26)39/h1-3,6-9,19-20,26H,10-18H2,(H,32,37,39). The SMILES string of the molecule is O=CN(CCC(=O)N1CCC(C#Cc2cccc3c2CN(C2CCC(=O)NC2=O)C3=O)CC1)c1ccc(Br)cc1. The van der Waals surface area contributed by atoms with Crippen LogP contribution in [-0.2, 0) is 25.7 Å². The molecule has 40 heavy (non-hydrogen) atoms. The minimum absolute atomic E-state index is 0.0169. The van der Waals surface area contributed by atoms with Crippen LogP contribution in [0.15, 0.2) is 46.9 Å². The molecule has 0 radical (unpaired) electrons. The first-order valence-corrected chi connectivity index (χ1v) is 14.2. The van der Waals surface area contributed by atoms with Gasteiger partial charge >= 0.3 is 0 Å². The topological polar surface area (TPSA) is 107 Å². The maximum Gasteiger partial charge on any atom is 0.255 e. The third-order valence-corrected chi connectivity index (χ3v) is 8.22. The normalized spacial score (nSPS) is 19.0. The van der Waals surface area contributed by atoms with Crippen LogP contribution in [0.25, 0.3) is 0 Å². The van der Waals surface area contributed by atoms with Crippen LogP contribution in [0.1, 0.15) is 53.6 Å². The Kier molecular flexibility index (Phi) is 8.31. The number of halogens is 1. The number of nitrogens with zero attached hydrogens (tertiary/aromatic N) is 3. The van der Waals surface area contributed by atoms with Gasteiger partial charge < -0.3 is 14.7 Å². The number of benzene rings is 2. The molecule has 0 spiro atoms. The molecule has 3 heterocycles. The van der Waals surface area contributed by atoms with Crippen LogP contribution in [0.4, 0.5) is 5.69 Å². The van der Waals surface area contributed by atoms with Gasteiger partial charge in [-0.1, -0.05) is 33.8 Å². The van der Waals surface area contributed by atoms with Crippen LogP contribution in [0, 0.1) is 17.8 Å². The van der Waals surface area contributed by atoms with Crippen molar-refractivity contribution in [3.63, 3.8) is 0 Å². The monoisotopic (exact) mass is 604 g/mol. The first kappa shape index (κ1) is 27.6. The molecule has 2 saturated heterocycles. The van der Waals surface area contributed by atoms with E-state index < -0.39 is 11.9 Å². The van der Waals surface area contributed by atoms with E-state index in [4.69, 9.17) is 0 Å². The Morgan fingerprint density at radius 2 is 1.82 bits per heavy atom. The lowest BCUT2D eigenvalue weighted by Crippen LogP contribution is -2.52. The predicted molar refractivity (Wildman–Crippen MR) is 151 cm³/mol. The minimum Gasteiger partial charge on any atom is -0.343 e. The van der Waals surface area contributed by atoms with E-state index in [1.54, 1.807) is 12.1 Å². The maximum absolute atomic E-state index is 13.0. The van der Waals surface area contributed by atoms with E-state index in [0.717, 1.165) is 40.5 Å². The Morgan fingerprint density at radius 3 is 2.52 bits per heavy atom. The van der Waals surface area contributed by atoms with Crippen molar-refractivity contribution in [3.05, 3.63) is 63.6 Å². The summed E-state index contributed by atoms with van der Waals surface area (Å²) < 4.78 is 0.920. The van der Waals surface area contributed by atoms with E-state index >= 15 is 0 Å². The van der Waals surface area contributed by atoms with E-state index in [9.17, 15) is 24.0 Å². The molecule has 0 aliphatic carbocycles. The molecule has 3 aliphatic rings. The third-order valence-electron chi connectivity index (χ3n) is 7.69. The molecule has 5 amide bonds. The number of hydrogen-bond acceptors (Lipinski definition) is 5. The Morgan fingerprint density at radius 1 is 1.07 bits per heavy atom. The van der Waals surface area contributed by atoms with Crippen molar-refractivity contribution in [3.8, 4) is 11.8 Å². The van der Waals surface area contributed by atoms with Crippen molar-refractivity contribution in [2.24, 2.45) is 5.92 Å². The van der Waals surface area contributed by atoms with Gasteiger partial charge in [-0.25, -0.2) is 0 Å². The molecule has 0 bridgehead atoms. The second-order valence-electron chi connectivity index (χ2n) is 10.2. The number of imide groups is 1. The van der Waals surface area contributed by atoms with Crippen molar-refractivity contribution >= 4 is 51.7 Å². The fraction of sp³-hybridized carbons (Fsp3) is 0.367. The molecule has 206 valence electrons. The molecule has 10 heteroatoms. The second kappa shape index (κ2) is 12.0. The van der Waals surface area contributed by atoms with Crippen molar-refractivity contribution in [1.29, 1.82) is 0 Å². The number of fused-ring (bicyclic) bond motifs is 1. The Bertz CT molecular complexity index is 1410. The molecule has 5 rings (SSSR count). The first-order chi connectivity index (χ1) is 19.3. The van der Waals surface area contributed by atoms with Crippen LogP contribution in [0.5, 0.6) is 0 Å². The highest BCUT2D eigenvalue weighted by molar-refractivity contribution is 9.10. The van der Waals surface area contributed by atoms with E-state index in [1.165, 1.54) is 9.80 Å². The van der Waals surface area contributed by atoms with Gasteiger partial charge in [-0.2, -0.15) is 0 Å². The first-order valence-electron chi connectivity index (χ1n) is 13.4. The second-order valence-corrected chi connectivity index (χ2v) is 11.1. The third kappa shape index (κ3) is 5.94. The highest BCUT2D eigenvalue weighted by Gasteiger charge is 2.39. The van der Waals surface area contributed by atoms with E-state index in [1.807, 2.05) is 35.2 Å². The van der Waals surface area contributed by atoms with Gasteiger partial charge in [0.1, 0.15) is 6.04 Å². The molecular weight excluding hydrogens is 576 g/mol. The van der Waals surface area contributed by atoms with E-state index in [0.29, 0.717) is 31.6 Å².